The van der Waals surface area contributed by atoms with Crippen molar-refractivity contribution >= 4 is 28.6 Å². The number of nitrogens with zero attached hydrogens (tertiary/aromatic N) is 2. The molecule has 0 radical (unpaired) electrons. The first-order valence-electron chi connectivity index (χ1n) is 8.49. The molecule has 2 heterocycles. The SMILES string of the molecule is Cc1cc(C)c(-c2csc(NC(=O)c3ccc4c(c3)CN=C4)n2)c(C)c1. The van der Waals surface area contributed by atoms with Crippen LogP contribution in [0.15, 0.2) is 40.7 Å². The predicted molar refractivity (Wildman–Crippen MR) is 107 cm³/mol. The summed E-state index contributed by atoms with van der Waals surface area (Å²) in [6, 6.07) is 9.99. The van der Waals surface area contributed by atoms with Crippen molar-refractivity contribution in [3.8, 4) is 11.3 Å². The highest BCUT2D eigenvalue weighted by molar-refractivity contribution is 7.14. The maximum absolute atomic E-state index is 12.6. The zero-order valence-electron chi connectivity index (χ0n) is 15.0. The number of nitrogens with one attached hydrogen (secondary N) is 1. The van der Waals surface area contributed by atoms with Gasteiger partial charge < -0.3 is 0 Å². The topological polar surface area (TPSA) is 54.4 Å². The maximum Gasteiger partial charge on any atom is 0.257 e. The van der Waals surface area contributed by atoms with Crippen LogP contribution in [0.5, 0.6) is 0 Å². The Morgan fingerprint density at radius 2 is 1.88 bits per heavy atom. The van der Waals surface area contributed by atoms with Crippen molar-refractivity contribution in [3.05, 3.63) is 69.1 Å². The summed E-state index contributed by atoms with van der Waals surface area (Å²) in [5.41, 5.74) is 8.49. The molecule has 0 atom stereocenters. The number of rotatable bonds is 3. The molecular formula is C21H19N3OS. The number of hydrogen-bond donors (Lipinski definition) is 1. The van der Waals surface area contributed by atoms with E-state index in [-0.39, 0.29) is 5.91 Å². The second kappa shape index (κ2) is 6.50. The number of benzene rings is 2. The summed E-state index contributed by atoms with van der Waals surface area (Å²) in [5, 5.41) is 5.53. The molecular weight excluding hydrogens is 342 g/mol. The van der Waals surface area contributed by atoms with Crippen molar-refractivity contribution in [1.82, 2.24) is 4.98 Å². The smallest absolute Gasteiger partial charge is 0.257 e. The number of fused-ring (bicyclic) bond motifs is 1. The molecule has 1 aliphatic rings. The van der Waals surface area contributed by atoms with Crippen LogP contribution in [0.4, 0.5) is 5.13 Å². The lowest BCUT2D eigenvalue weighted by Crippen LogP contribution is -2.12. The van der Waals surface area contributed by atoms with Crippen molar-refractivity contribution in [2.24, 2.45) is 4.99 Å². The third kappa shape index (κ3) is 3.06. The van der Waals surface area contributed by atoms with Gasteiger partial charge in [-0.25, -0.2) is 4.98 Å². The van der Waals surface area contributed by atoms with Gasteiger partial charge in [0, 0.05) is 22.7 Å². The summed E-state index contributed by atoms with van der Waals surface area (Å²) in [6.45, 7) is 6.93. The van der Waals surface area contributed by atoms with E-state index in [0.717, 1.165) is 22.4 Å². The number of aromatic nitrogens is 1. The molecule has 5 heteroatoms. The van der Waals surface area contributed by atoms with E-state index in [0.29, 0.717) is 17.2 Å². The number of thiazole rings is 1. The second-order valence-electron chi connectivity index (χ2n) is 6.65. The molecule has 0 spiro atoms. The zero-order valence-corrected chi connectivity index (χ0v) is 15.8. The fourth-order valence-corrected chi connectivity index (χ4v) is 4.15. The lowest BCUT2D eigenvalue weighted by atomic mass is 9.98. The number of amides is 1. The Balaban J connectivity index is 1.57. The highest BCUT2D eigenvalue weighted by Crippen LogP contribution is 2.31. The highest BCUT2D eigenvalue weighted by Gasteiger charge is 2.15. The van der Waals surface area contributed by atoms with Gasteiger partial charge in [-0.2, -0.15) is 0 Å². The van der Waals surface area contributed by atoms with E-state index in [9.17, 15) is 4.79 Å². The lowest BCUT2D eigenvalue weighted by Gasteiger charge is -2.08. The van der Waals surface area contributed by atoms with E-state index in [1.807, 2.05) is 29.8 Å². The fourth-order valence-electron chi connectivity index (χ4n) is 3.45. The van der Waals surface area contributed by atoms with Crippen LogP contribution in [0.25, 0.3) is 11.3 Å². The minimum atomic E-state index is -0.141. The quantitative estimate of drug-likeness (QED) is 0.720. The van der Waals surface area contributed by atoms with Crippen LogP contribution in [0.3, 0.4) is 0 Å². The number of aliphatic imine (C=N–C) groups is 1. The lowest BCUT2D eigenvalue weighted by molar-refractivity contribution is 0.102. The van der Waals surface area contributed by atoms with Gasteiger partial charge in [0.25, 0.3) is 5.91 Å². The van der Waals surface area contributed by atoms with Gasteiger partial charge in [-0.1, -0.05) is 23.8 Å². The summed E-state index contributed by atoms with van der Waals surface area (Å²) in [7, 11) is 0. The monoisotopic (exact) mass is 361 g/mol. The van der Waals surface area contributed by atoms with Crippen molar-refractivity contribution < 1.29 is 4.79 Å². The molecule has 0 bridgehead atoms. The van der Waals surface area contributed by atoms with Crippen LogP contribution >= 0.6 is 11.3 Å². The molecule has 0 fully saturated rings. The van der Waals surface area contributed by atoms with Crippen LogP contribution < -0.4 is 5.32 Å². The summed E-state index contributed by atoms with van der Waals surface area (Å²) in [6.07, 6.45) is 1.84. The molecule has 1 amide bonds. The Morgan fingerprint density at radius 3 is 2.65 bits per heavy atom. The average molecular weight is 361 g/mol. The third-order valence-electron chi connectivity index (χ3n) is 4.55. The molecule has 4 rings (SSSR count). The van der Waals surface area contributed by atoms with Gasteiger partial charge in [0.1, 0.15) is 0 Å². The van der Waals surface area contributed by atoms with E-state index in [1.54, 1.807) is 0 Å². The minimum absolute atomic E-state index is 0.141. The Kier molecular flexibility index (Phi) is 4.17. The van der Waals surface area contributed by atoms with Crippen molar-refractivity contribution in [2.75, 3.05) is 5.32 Å². The standard InChI is InChI=1S/C21H19N3OS/c1-12-6-13(2)19(14(3)7-12)18-11-26-21(23-18)24-20(25)15-4-5-16-9-22-10-17(16)8-15/h4-9,11H,10H2,1-3H3,(H,23,24,25). The summed E-state index contributed by atoms with van der Waals surface area (Å²) in [4.78, 5) is 21.4. The highest BCUT2D eigenvalue weighted by atomic mass is 32.1. The van der Waals surface area contributed by atoms with E-state index in [1.165, 1.54) is 28.0 Å². The Labute approximate surface area is 156 Å². The number of carbonyl (C=O) groups is 1. The largest absolute Gasteiger partial charge is 0.298 e. The molecule has 1 N–H and O–H groups in total. The molecule has 1 aliphatic heterocycles. The molecule has 0 saturated heterocycles. The number of aryl methyl sites for hydroxylation is 3. The van der Waals surface area contributed by atoms with Gasteiger partial charge in [-0.15, -0.1) is 11.3 Å². The Hall–Kier alpha value is -2.79. The first-order chi connectivity index (χ1) is 12.5. The summed E-state index contributed by atoms with van der Waals surface area (Å²) < 4.78 is 0. The second-order valence-corrected chi connectivity index (χ2v) is 7.51. The van der Waals surface area contributed by atoms with E-state index in [2.05, 4.69) is 48.2 Å². The molecule has 0 saturated carbocycles. The summed E-state index contributed by atoms with van der Waals surface area (Å²) >= 11 is 1.45. The first-order valence-corrected chi connectivity index (χ1v) is 9.37. The minimum Gasteiger partial charge on any atom is -0.298 e. The maximum atomic E-state index is 12.6. The predicted octanol–water partition coefficient (Wildman–Crippen LogP) is 4.92. The van der Waals surface area contributed by atoms with Gasteiger partial charge in [0.15, 0.2) is 5.13 Å². The molecule has 130 valence electrons. The normalized spacial score (nSPS) is 12.3. The van der Waals surface area contributed by atoms with Crippen LogP contribution in [0.2, 0.25) is 0 Å². The Morgan fingerprint density at radius 1 is 1.12 bits per heavy atom. The molecule has 3 aromatic rings. The molecule has 0 unspecified atom stereocenters. The van der Waals surface area contributed by atoms with Crippen LogP contribution in [-0.4, -0.2) is 17.1 Å². The zero-order chi connectivity index (χ0) is 18.3. The average Bonchev–Trinajstić information content (AvgIpc) is 3.22. The molecule has 2 aromatic carbocycles. The van der Waals surface area contributed by atoms with Crippen molar-refractivity contribution in [3.63, 3.8) is 0 Å². The number of carbonyl (C=O) groups excluding carboxylic acids is 1. The summed E-state index contributed by atoms with van der Waals surface area (Å²) in [5.74, 6) is -0.141. The van der Waals surface area contributed by atoms with E-state index >= 15 is 0 Å². The van der Waals surface area contributed by atoms with Crippen LogP contribution in [0, 0.1) is 20.8 Å². The van der Waals surface area contributed by atoms with Gasteiger partial charge in [-0.3, -0.25) is 15.1 Å². The van der Waals surface area contributed by atoms with E-state index < -0.39 is 0 Å². The number of hydrogen-bond acceptors (Lipinski definition) is 4. The molecule has 26 heavy (non-hydrogen) atoms. The number of anilines is 1. The molecule has 4 nitrogen and oxygen atoms in total. The van der Waals surface area contributed by atoms with E-state index in [4.69, 9.17) is 0 Å². The van der Waals surface area contributed by atoms with Crippen molar-refractivity contribution in [2.45, 2.75) is 27.3 Å². The molecule has 0 aliphatic carbocycles. The van der Waals surface area contributed by atoms with Gasteiger partial charge in [0.05, 0.1) is 12.2 Å². The van der Waals surface area contributed by atoms with Gasteiger partial charge >= 0.3 is 0 Å². The molecule has 1 aromatic heterocycles. The first kappa shape index (κ1) is 16.7. The van der Waals surface area contributed by atoms with Crippen molar-refractivity contribution in [1.29, 1.82) is 0 Å². The van der Waals surface area contributed by atoms with Crippen LogP contribution in [0.1, 0.15) is 38.2 Å². The van der Waals surface area contributed by atoms with Gasteiger partial charge in [0.2, 0.25) is 0 Å². The van der Waals surface area contributed by atoms with Gasteiger partial charge in [-0.05, 0) is 55.2 Å². The third-order valence-corrected chi connectivity index (χ3v) is 5.31. The fraction of sp³-hybridized carbons (Fsp3) is 0.190. The van der Waals surface area contributed by atoms with Crippen LogP contribution in [-0.2, 0) is 6.54 Å². The Bertz CT molecular complexity index is 1030.